The fourth-order valence-corrected chi connectivity index (χ4v) is 3.44. The van der Waals surface area contributed by atoms with Crippen molar-refractivity contribution >= 4 is 22.5 Å². The van der Waals surface area contributed by atoms with Gasteiger partial charge in [0.15, 0.2) is 0 Å². The van der Waals surface area contributed by atoms with Gasteiger partial charge in [0.2, 0.25) is 5.67 Å². The van der Waals surface area contributed by atoms with E-state index >= 15 is 4.39 Å². The molecule has 5 heteroatoms. The number of nitrogens with zero attached hydrogens (tertiary/aromatic N) is 2. The van der Waals surface area contributed by atoms with E-state index in [0.717, 1.165) is 0 Å². The number of rotatable bonds is 1. The van der Waals surface area contributed by atoms with Gasteiger partial charge < -0.3 is 9.47 Å². The number of carbonyl (C=O) groups is 1. The molecule has 0 N–H and O–H groups in total. The van der Waals surface area contributed by atoms with E-state index in [1.54, 1.807) is 43.4 Å². The highest BCUT2D eigenvalue weighted by Gasteiger charge is 2.53. The molecule has 4 rings (SSSR count). The summed E-state index contributed by atoms with van der Waals surface area (Å²) in [6, 6.07) is 15.4. The molecule has 0 fully saturated rings. The average Bonchev–Trinajstić information content (AvgIpc) is 2.81. The third-order valence-electron chi connectivity index (χ3n) is 4.74. The first-order chi connectivity index (χ1) is 11.5. The van der Waals surface area contributed by atoms with E-state index in [9.17, 15) is 9.59 Å². The van der Waals surface area contributed by atoms with Crippen LogP contribution in [0.15, 0.2) is 59.4 Å². The van der Waals surface area contributed by atoms with E-state index in [1.807, 2.05) is 12.1 Å². The van der Waals surface area contributed by atoms with Crippen molar-refractivity contribution in [2.24, 2.45) is 7.05 Å². The lowest BCUT2D eigenvalue weighted by Gasteiger charge is -2.20. The molecule has 0 saturated carbocycles. The summed E-state index contributed by atoms with van der Waals surface area (Å²) in [4.78, 5) is 26.7. The fourth-order valence-electron chi connectivity index (χ4n) is 3.44. The van der Waals surface area contributed by atoms with Crippen molar-refractivity contribution in [2.75, 3.05) is 11.9 Å². The molecule has 3 aromatic rings. The quantitative estimate of drug-likeness (QED) is 0.691. The van der Waals surface area contributed by atoms with Gasteiger partial charge in [0.1, 0.15) is 0 Å². The zero-order chi connectivity index (χ0) is 17.1. The standard InChI is InChI=1S/C19H15FN2O2/c1-21-15-9-5-3-7-12(15)11-14(17(21)23)19(20)13-8-4-6-10-16(13)22(2)18(19)24/h3-11H,1-2H3. The number of aryl methyl sites for hydroxylation is 1. The number of likely N-dealkylation sites (N-methyl/N-ethyl adjacent to an activating group) is 1. The zero-order valence-electron chi connectivity index (χ0n) is 13.3. The SMILES string of the molecule is CN1C(=O)C(F)(c2cc3ccccc3n(C)c2=O)c2ccccc21. The number of alkyl halides is 1. The number of hydrogen-bond donors (Lipinski definition) is 0. The highest BCUT2D eigenvalue weighted by Crippen LogP contribution is 2.45. The van der Waals surface area contributed by atoms with Crippen LogP contribution in [0.3, 0.4) is 0 Å². The second kappa shape index (κ2) is 4.77. The van der Waals surface area contributed by atoms with Crippen LogP contribution >= 0.6 is 0 Å². The van der Waals surface area contributed by atoms with Crippen LogP contribution in [-0.4, -0.2) is 17.5 Å². The van der Waals surface area contributed by atoms with Gasteiger partial charge in [0.25, 0.3) is 11.5 Å². The Morgan fingerprint density at radius 3 is 2.38 bits per heavy atom. The van der Waals surface area contributed by atoms with E-state index in [4.69, 9.17) is 0 Å². The molecule has 0 aliphatic carbocycles. The number of benzene rings is 2. The van der Waals surface area contributed by atoms with Crippen LogP contribution in [0.1, 0.15) is 11.1 Å². The first-order valence-corrected chi connectivity index (χ1v) is 7.62. The van der Waals surface area contributed by atoms with Crippen molar-refractivity contribution in [3.8, 4) is 0 Å². The number of pyridine rings is 1. The topological polar surface area (TPSA) is 42.3 Å². The number of halogens is 1. The Morgan fingerprint density at radius 1 is 0.917 bits per heavy atom. The molecule has 0 bridgehead atoms. The van der Waals surface area contributed by atoms with Crippen molar-refractivity contribution in [3.05, 3.63) is 76.1 Å². The van der Waals surface area contributed by atoms with Crippen LogP contribution in [0.2, 0.25) is 0 Å². The minimum atomic E-state index is -2.47. The van der Waals surface area contributed by atoms with Crippen LogP contribution in [-0.2, 0) is 17.5 Å². The highest BCUT2D eigenvalue weighted by molar-refractivity contribution is 6.09. The number of hydrogen-bond acceptors (Lipinski definition) is 2. The number of carbonyl (C=O) groups excluding carboxylic acids is 1. The lowest BCUT2D eigenvalue weighted by molar-refractivity contribution is -0.126. The first-order valence-electron chi connectivity index (χ1n) is 7.62. The van der Waals surface area contributed by atoms with E-state index in [0.29, 0.717) is 16.6 Å². The number of aromatic nitrogens is 1. The summed E-state index contributed by atoms with van der Waals surface area (Å²) in [5.41, 5.74) is -1.73. The van der Waals surface area contributed by atoms with Crippen LogP contribution in [0, 0.1) is 0 Å². The molecule has 120 valence electrons. The summed E-state index contributed by atoms with van der Waals surface area (Å²) in [6.07, 6.45) is 0. The Morgan fingerprint density at radius 2 is 1.58 bits per heavy atom. The predicted molar refractivity (Wildman–Crippen MR) is 90.9 cm³/mol. The Bertz CT molecular complexity index is 1060. The van der Waals surface area contributed by atoms with Gasteiger partial charge in [0, 0.05) is 19.7 Å². The van der Waals surface area contributed by atoms with Gasteiger partial charge in [-0.2, -0.15) is 0 Å². The molecular formula is C19H15FN2O2. The maximum Gasteiger partial charge on any atom is 0.274 e. The van der Waals surface area contributed by atoms with Gasteiger partial charge in [-0.3, -0.25) is 9.59 Å². The summed E-state index contributed by atoms with van der Waals surface area (Å²) in [5, 5.41) is 0.714. The van der Waals surface area contributed by atoms with Crippen molar-refractivity contribution in [3.63, 3.8) is 0 Å². The summed E-state index contributed by atoms with van der Waals surface area (Å²) in [6.45, 7) is 0. The molecular weight excluding hydrogens is 307 g/mol. The number of anilines is 1. The first kappa shape index (κ1) is 14.6. The van der Waals surface area contributed by atoms with Gasteiger partial charge in [0.05, 0.1) is 16.8 Å². The Labute approximate surface area is 137 Å². The van der Waals surface area contributed by atoms with Crippen LogP contribution < -0.4 is 10.5 Å². The second-order valence-corrected chi connectivity index (χ2v) is 6.02. The third kappa shape index (κ3) is 1.67. The molecule has 1 aliphatic rings. The average molecular weight is 322 g/mol. The maximum absolute atomic E-state index is 16.0. The molecule has 0 spiro atoms. The molecule has 1 unspecified atom stereocenters. The fraction of sp³-hybridized carbons (Fsp3) is 0.158. The normalized spacial score (nSPS) is 19.8. The minimum absolute atomic E-state index is 0.148. The van der Waals surface area contributed by atoms with E-state index in [-0.39, 0.29) is 11.1 Å². The molecule has 2 heterocycles. The monoisotopic (exact) mass is 322 g/mol. The lowest BCUT2D eigenvalue weighted by atomic mass is 9.89. The zero-order valence-corrected chi connectivity index (χ0v) is 13.3. The number of para-hydroxylation sites is 2. The van der Waals surface area contributed by atoms with Crippen molar-refractivity contribution < 1.29 is 9.18 Å². The molecule has 24 heavy (non-hydrogen) atoms. The van der Waals surface area contributed by atoms with Gasteiger partial charge in [-0.15, -0.1) is 0 Å². The lowest BCUT2D eigenvalue weighted by Crippen LogP contribution is -2.41. The highest BCUT2D eigenvalue weighted by atomic mass is 19.1. The number of fused-ring (bicyclic) bond motifs is 2. The van der Waals surface area contributed by atoms with Gasteiger partial charge in [-0.25, -0.2) is 4.39 Å². The summed E-state index contributed by atoms with van der Waals surface area (Å²) < 4.78 is 17.4. The van der Waals surface area contributed by atoms with Gasteiger partial charge in [-0.05, 0) is 23.6 Å². The van der Waals surface area contributed by atoms with E-state index in [2.05, 4.69) is 0 Å². The molecule has 1 atom stereocenters. The smallest absolute Gasteiger partial charge is 0.274 e. The van der Waals surface area contributed by atoms with E-state index in [1.165, 1.54) is 22.6 Å². The number of amides is 1. The molecule has 4 nitrogen and oxygen atoms in total. The minimum Gasteiger partial charge on any atom is -0.312 e. The third-order valence-corrected chi connectivity index (χ3v) is 4.74. The van der Waals surface area contributed by atoms with Crippen LogP contribution in [0.4, 0.5) is 10.1 Å². The Kier molecular flexibility index (Phi) is 2.91. The largest absolute Gasteiger partial charge is 0.312 e. The Balaban J connectivity index is 2.10. The summed E-state index contributed by atoms with van der Waals surface area (Å²) in [7, 11) is 3.11. The van der Waals surface area contributed by atoms with Gasteiger partial charge >= 0.3 is 0 Å². The molecule has 0 radical (unpaired) electrons. The molecule has 1 aromatic heterocycles. The van der Waals surface area contributed by atoms with Crippen molar-refractivity contribution in [2.45, 2.75) is 5.67 Å². The van der Waals surface area contributed by atoms with Crippen molar-refractivity contribution in [1.82, 2.24) is 4.57 Å². The van der Waals surface area contributed by atoms with Crippen molar-refractivity contribution in [1.29, 1.82) is 0 Å². The molecule has 1 amide bonds. The maximum atomic E-state index is 16.0. The summed E-state index contributed by atoms with van der Waals surface area (Å²) >= 11 is 0. The van der Waals surface area contributed by atoms with Gasteiger partial charge in [-0.1, -0.05) is 36.4 Å². The molecule has 0 saturated heterocycles. The van der Waals surface area contributed by atoms with Crippen LogP contribution in [0.5, 0.6) is 0 Å². The van der Waals surface area contributed by atoms with Crippen LogP contribution in [0.25, 0.3) is 10.9 Å². The second-order valence-electron chi connectivity index (χ2n) is 6.02. The van der Waals surface area contributed by atoms with E-state index < -0.39 is 17.1 Å². The predicted octanol–water partition coefficient (Wildman–Crippen LogP) is 2.73. The molecule has 2 aromatic carbocycles. The molecule has 1 aliphatic heterocycles. The Hall–Kier alpha value is -2.95. The summed E-state index contributed by atoms with van der Waals surface area (Å²) in [5.74, 6) is -0.740.